The highest BCUT2D eigenvalue weighted by atomic mass is 35.5. The van der Waals surface area contributed by atoms with Crippen LogP contribution in [0.3, 0.4) is 0 Å². The molecule has 4 rings (SSSR count). The van der Waals surface area contributed by atoms with Crippen molar-refractivity contribution in [1.29, 1.82) is 0 Å². The molecule has 0 spiro atoms. The predicted molar refractivity (Wildman–Crippen MR) is 119 cm³/mol. The first-order valence-corrected chi connectivity index (χ1v) is 10.4. The van der Waals surface area contributed by atoms with Gasteiger partial charge in [0.2, 0.25) is 5.76 Å². The molecule has 1 unspecified atom stereocenters. The van der Waals surface area contributed by atoms with Crippen molar-refractivity contribution in [1.82, 2.24) is 4.90 Å². The van der Waals surface area contributed by atoms with E-state index in [1.165, 1.54) is 0 Å². The first-order chi connectivity index (χ1) is 15.0. The van der Waals surface area contributed by atoms with Crippen molar-refractivity contribution >= 4 is 28.5 Å². The number of rotatable bonds is 7. The van der Waals surface area contributed by atoms with Crippen molar-refractivity contribution in [2.45, 2.75) is 19.4 Å². The van der Waals surface area contributed by atoms with E-state index in [9.17, 15) is 14.7 Å². The second kappa shape index (κ2) is 8.57. The Morgan fingerprint density at radius 2 is 2.10 bits per heavy atom. The minimum atomic E-state index is -0.651. The fourth-order valence-electron chi connectivity index (χ4n) is 3.89. The van der Waals surface area contributed by atoms with Crippen LogP contribution in [-0.4, -0.2) is 35.7 Å². The summed E-state index contributed by atoms with van der Waals surface area (Å²) in [7, 11) is 0. The van der Waals surface area contributed by atoms with Gasteiger partial charge in [-0.2, -0.15) is 0 Å². The lowest BCUT2D eigenvalue weighted by Crippen LogP contribution is -2.31. The number of hydrogen-bond acceptors (Lipinski definition) is 5. The van der Waals surface area contributed by atoms with Crippen molar-refractivity contribution in [3.63, 3.8) is 0 Å². The largest absolute Gasteiger partial charge is 0.490 e. The van der Waals surface area contributed by atoms with Crippen LogP contribution in [0.25, 0.3) is 11.0 Å². The SMILES string of the molecule is C=CCOc1cccc(C2c3c(oc4cc(C)c(Cl)cc4c3=O)C(=O)N2CCCO)c1. The third kappa shape index (κ3) is 3.73. The lowest BCUT2D eigenvalue weighted by Gasteiger charge is -2.25. The predicted octanol–water partition coefficient (Wildman–Crippen LogP) is 4.25. The van der Waals surface area contributed by atoms with Crippen LogP contribution in [0.1, 0.15) is 39.7 Å². The number of aliphatic hydroxyl groups excluding tert-OH is 1. The Kier molecular flexibility index (Phi) is 5.85. The summed E-state index contributed by atoms with van der Waals surface area (Å²) >= 11 is 6.25. The maximum atomic E-state index is 13.5. The number of fused-ring (bicyclic) bond motifs is 2. The van der Waals surface area contributed by atoms with Crippen LogP contribution in [0.15, 0.2) is 58.3 Å². The second-order valence-corrected chi connectivity index (χ2v) is 7.83. The zero-order valence-electron chi connectivity index (χ0n) is 17.1. The summed E-state index contributed by atoms with van der Waals surface area (Å²) in [6, 6.07) is 9.85. The molecule has 1 aliphatic rings. The Morgan fingerprint density at radius 3 is 2.84 bits per heavy atom. The Bertz CT molecular complexity index is 1230. The van der Waals surface area contributed by atoms with Crippen molar-refractivity contribution in [2.24, 2.45) is 0 Å². The molecule has 1 aromatic heterocycles. The van der Waals surface area contributed by atoms with Crippen molar-refractivity contribution in [3.05, 3.63) is 86.7 Å². The van der Waals surface area contributed by atoms with Crippen LogP contribution < -0.4 is 10.2 Å². The molecule has 160 valence electrons. The van der Waals surface area contributed by atoms with E-state index >= 15 is 0 Å². The topological polar surface area (TPSA) is 80.0 Å². The number of halogens is 1. The molecule has 0 saturated carbocycles. The van der Waals surface area contributed by atoms with Gasteiger partial charge in [0, 0.05) is 18.2 Å². The number of benzene rings is 2. The van der Waals surface area contributed by atoms with Gasteiger partial charge in [-0.1, -0.05) is 36.4 Å². The molecule has 7 heteroatoms. The molecule has 31 heavy (non-hydrogen) atoms. The molecule has 6 nitrogen and oxygen atoms in total. The second-order valence-electron chi connectivity index (χ2n) is 7.42. The maximum absolute atomic E-state index is 13.5. The summed E-state index contributed by atoms with van der Waals surface area (Å²) in [5.74, 6) is 0.251. The van der Waals surface area contributed by atoms with E-state index in [1.807, 2.05) is 19.1 Å². The molecule has 0 radical (unpaired) electrons. The summed E-state index contributed by atoms with van der Waals surface area (Å²) in [5, 5.41) is 10.1. The summed E-state index contributed by atoms with van der Waals surface area (Å²) in [4.78, 5) is 28.3. The fourth-order valence-corrected chi connectivity index (χ4v) is 4.05. The molecule has 2 aromatic carbocycles. The molecular formula is C24H22ClNO5. The third-order valence-corrected chi connectivity index (χ3v) is 5.75. The lowest BCUT2D eigenvalue weighted by atomic mass is 9.98. The summed E-state index contributed by atoms with van der Waals surface area (Å²) in [6.07, 6.45) is 2.02. The molecule has 0 saturated heterocycles. The normalized spacial score (nSPS) is 15.4. The molecule has 1 N–H and O–H groups in total. The number of amides is 1. The quantitative estimate of drug-likeness (QED) is 0.557. The Morgan fingerprint density at radius 1 is 1.29 bits per heavy atom. The van der Waals surface area contributed by atoms with Crippen molar-refractivity contribution < 1.29 is 19.1 Å². The van der Waals surface area contributed by atoms with Crippen LogP contribution >= 0.6 is 11.6 Å². The molecule has 0 bridgehead atoms. The average molecular weight is 440 g/mol. The molecule has 1 atom stereocenters. The lowest BCUT2D eigenvalue weighted by molar-refractivity contribution is 0.0716. The van der Waals surface area contributed by atoms with Crippen LogP contribution in [0.5, 0.6) is 5.75 Å². The van der Waals surface area contributed by atoms with Gasteiger partial charge in [0.15, 0.2) is 5.43 Å². The average Bonchev–Trinajstić information content (AvgIpc) is 3.04. The van der Waals surface area contributed by atoms with Gasteiger partial charge in [-0.15, -0.1) is 0 Å². The number of hydrogen-bond donors (Lipinski definition) is 1. The van der Waals surface area contributed by atoms with Crippen molar-refractivity contribution in [2.75, 3.05) is 19.8 Å². The van der Waals surface area contributed by atoms with Crippen molar-refractivity contribution in [3.8, 4) is 5.75 Å². The van der Waals surface area contributed by atoms with E-state index in [0.717, 1.165) is 11.1 Å². The standard InChI is InChI=1S/C24H22ClNO5/c1-3-10-30-16-7-4-6-15(12-16)21-20-22(28)17-13-18(25)14(2)11-19(17)31-23(20)24(29)26(21)8-5-9-27/h3-4,6-7,11-13,21,27H,1,5,8-10H2,2H3. The van der Waals surface area contributed by atoms with Gasteiger partial charge < -0.3 is 19.2 Å². The van der Waals surface area contributed by atoms with Crippen LogP contribution in [0.4, 0.5) is 0 Å². The molecular weight excluding hydrogens is 418 g/mol. The van der Waals surface area contributed by atoms with Gasteiger partial charge in [0.05, 0.1) is 17.0 Å². The number of aliphatic hydroxyl groups is 1. The fraction of sp³-hybridized carbons (Fsp3) is 0.250. The molecule has 0 aliphatic carbocycles. The molecule has 0 fully saturated rings. The highest BCUT2D eigenvalue weighted by molar-refractivity contribution is 6.32. The first-order valence-electron chi connectivity index (χ1n) is 9.98. The minimum absolute atomic E-state index is 0.0274. The van der Waals surface area contributed by atoms with Crippen LogP contribution in [-0.2, 0) is 0 Å². The van der Waals surface area contributed by atoms with Crippen LogP contribution in [0.2, 0.25) is 5.02 Å². The van der Waals surface area contributed by atoms with E-state index < -0.39 is 6.04 Å². The Labute approximate surface area is 184 Å². The zero-order chi connectivity index (χ0) is 22.1. The van der Waals surface area contributed by atoms with E-state index in [1.54, 1.807) is 35.2 Å². The van der Waals surface area contributed by atoms with Crippen LogP contribution in [0, 0.1) is 6.92 Å². The monoisotopic (exact) mass is 439 g/mol. The number of aryl methyl sites for hydroxylation is 1. The summed E-state index contributed by atoms with van der Waals surface area (Å²) in [6.45, 7) is 5.99. The van der Waals surface area contributed by atoms with Gasteiger partial charge >= 0.3 is 0 Å². The van der Waals surface area contributed by atoms with Gasteiger partial charge in [-0.3, -0.25) is 9.59 Å². The molecule has 1 amide bonds. The van der Waals surface area contributed by atoms with Gasteiger partial charge in [-0.25, -0.2) is 0 Å². The molecule has 3 aromatic rings. The van der Waals surface area contributed by atoms with E-state index in [2.05, 4.69) is 6.58 Å². The number of carbonyl (C=O) groups excluding carboxylic acids is 1. The number of carbonyl (C=O) groups is 1. The number of ether oxygens (including phenoxy) is 1. The number of nitrogens with zero attached hydrogens (tertiary/aromatic N) is 1. The van der Waals surface area contributed by atoms with Gasteiger partial charge in [-0.05, 0) is 48.7 Å². The summed E-state index contributed by atoms with van der Waals surface area (Å²) < 4.78 is 11.6. The van der Waals surface area contributed by atoms with E-state index in [0.29, 0.717) is 34.8 Å². The van der Waals surface area contributed by atoms with Gasteiger partial charge in [0.25, 0.3) is 5.91 Å². The Hall–Kier alpha value is -3.09. The smallest absolute Gasteiger partial charge is 0.290 e. The zero-order valence-corrected chi connectivity index (χ0v) is 17.8. The minimum Gasteiger partial charge on any atom is -0.490 e. The van der Waals surface area contributed by atoms with E-state index in [4.69, 9.17) is 20.8 Å². The van der Waals surface area contributed by atoms with E-state index in [-0.39, 0.29) is 35.8 Å². The van der Waals surface area contributed by atoms with Gasteiger partial charge in [0.1, 0.15) is 17.9 Å². The highest BCUT2D eigenvalue weighted by Crippen LogP contribution is 2.39. The molecule has 2 heterocycles. The Balaban J connectivity index is 1.92. The first kappa shape index (κ1) is 21.2. The third-order valence-electron chi connectivity index (χ3n) is 5.35. The molecule has 1 aliphatic heterocycles. The highest BCUT2D eigenvalue weighted by Gasteiger charge is 2.42. The summed E-state index contributed by atoms with van der Waals surface area (Å²) in [5.41, 5.74) is 1.78. The maximum Gasteiger partial charge on any atom is 0.290 e.